The zero-order chi connectivity index (χ0) is 38.1. The van der Waals surface area contributed by atoms with Crippen LogP contribution in [0.4, 0.5) is 0 Å². The van der Waals surface area contributed by atoms with Crippen molar-refractivity contribution in [2.45, 2.75) is 53.4 Å². The van der Waals surface area contributed by atoms with Gasteiger partial charge in [0.25, 0.3) is 0 Å². The molecule has 0 radical (unpaired) electrons. The highest BCUT2D eigenvalue weighted by Gasteiger charge is 2.29. The van der Waals surface area contributed by atoms with Crippen molar-refractivity contribution in [3.8, 4) is 45.6 Å². The molecule has 270 valence electrons. The Bertz CT molecular complexity index is 2530. The summed E-state index contributed by atoms with van der Waals surface area (Å²) >= 11 is 0. The third kappa shape index (κ3) is 5.19. The predicted octanol–water partition coefficient (Wildman–Crippen LogP) is 2.88. The molecule has 0 amide bonds. The van der Waals surface area contributed by atoms with Gasteiger partial charge in [-0.3, -0.25) is 0 Å². The number of hydrogen-bond donors (Lipinski definition) is 10. The lowest BCUT2D eigenvalue weighted by Crippen LogP contribution is -2.22. The monoisotopic (exact) mass is 714 g/mol. The summed E-state index contributed by atoms with van der Waals surface area (Å²) in [6, 6.07) is 3.24. The molecule has 18 heteroatoms. The number of benzene rings is 4. The number of aromatic nitrogens is 6. The summed E-state index contributed by atoms with van der Waals surface area (Å²) in [5.74, 6) is -4.21. The van der Waals surface area contributed by atoms with Crippen molar-refractivity contribution in [3.05, 3.63) is 87.5 Å². The van der Waals surface area contributed by atoms with Crippen molar-refractivity contribution >= 4 is 34.0 Å². The molecule has 0 unspecified atom stereocenters. The van der Waals surface area contributed by atoms with Gasteiger partial charge < -0.3 is 30.6 Å². The van der Waals surface area contributed by atoms with Gasteiger partial charge in [-0.05, 0) is 47.6 Å². The van der Waals surface area contributed by atoms with Crippen LogP contribution in [-0.4, -0.2) is 72.8 Å². The van der Waals surface area contributed by atoms with Crippen molar-refractivity contribution in [2.75, 3.05) is 0 Å². The molecule has 0 spiro atoms. The summed E-state index contributed by atoms with van der Waals surface area (Å²) in [5, 5.41) is 85.6. The minimum Gasteiger partial charge on any atom is -0.507 e. The van der Waals surface area contributed by atoms with E-state index in [9.17, 15) is 49.8 Å². The van der Waals surface area contributed by atoms with Crippen molar-refractivity contribution in [1.82, 2.24) is 29.7 Å². The van der Waals surface area contributed by atoms with E-state index in [0.717, 1.165) is 12.4 Å². The Morgan fingerprint density at radius 1 is 0.538 bits per heavy atom. The SMILES string of the molecule is Cc1cc2c(C(C)C)c(O)c(O)c(/C=N\n3c(=O)[nH][nH]c3=O)c2c(O)c1-c1c(C)cc2c(C(C)C)c(O)c(O)c(/C=N\n3c(=O)[nH][nH]c3=O)c2c1O. The Kier molecular flexibility index (Phi) is 8.32. The Hall–Kier alpha value is -6.98. The Labute approximate surface area is 290 Å². The maximum absolute atomic E-state index is 12.2. The number of aromatic amines is 4. The molecule has 0 bridgehead atoms. The summed E-state index contributed by atoms with van der Waals surface area (Å²) < 4.78 is 0.855. The molecular weight excluding hydrogens is 680 g/mol. The quantitative estimate of drug-likeness (QED) is 0.0852. The van der Waals surface area contributed by atoms with E-state index in [1.165, 1.54) is 0 Å². The largest absolute Gasteiger partial charge is 0.507 e. The topological polar surface area (TPSA) is 287 Å². The summed E-state index contributed by atoms with van der Waals surface area (Å²) in [6.45, 7) is 10.3. The van der Waals surface area contributed by atoms with E-state index in [-0.39, 0.29) is 56.0 Å². The fraction of sp³-hybridized carbons (Fsp3) is 0.235. The molecule has 4 aromatic carbocycles. The number of fused-ring (bicyclic) bond motifs is 2. The molecule has 0 saturated heterocycles. The Morgan fingerprint density at radius 3 is 1.13 bits per heavy atom. The molecule has 0 saturated carbocycles. The smallest absolute Gasteiger partial charge is 0.365 e. The first-order chi connectivity index (χ1) is 24.5. The fourth-order valence-electron chi connectivity index (χ4n) is 6.67. The summed E-state index contributed by atoms with van der Waals surface area (Å²) in [5.41, 5.74) is -2.81. The molecule has 6 rings (SSSR count). The lowest BCUT2D eigenvalue weighted by Gasteiger charge is -2.23. The van der Waals surface area contributed by atoms with Crippen molar-refractivity contribution in [3.63, 3.8) is 0 Å². The molecule has 0 atom stereocenters. The van der Waals surface area contributed by atoms with Gasteiger partial charge in [-0.25, -0.2) is 39.6 Å². The maximum Gasteiger partial charge on any atom is 0.365 e. The van der Waals surface area contributed by atoms with Gasteiger partial charge in [0, 0.05) is 33.0 Å². The van der Waals surface area contributed by atoms with E-state index in [1.807, 2.05) is 0 Å². The molecule has 18 nitrogen and oxygen atoms in total. The first-order valence-corrected chi connectivity index (χ1v) is 15.8. The van der Waals surface area contributed by atoms with E-state index in [2.05, 4.69) is 30.6 Å². The second-order valence-electron chi connectivity index (χ2n) is 12.9. The molecule has 0 aliphatic heterocycles. The average molecular weight is 715 g/mol. The van der Waals surface area contributed by atoms with Crippen LogP contribution >= 0.6 is 0 Å². The van der Waals surface area contributed by atoms with E-state index in [1.54, 1.807) is 53.7 Å². The lowest BCUT2D eigenvalue weighted by atomic mass is 9.83. The van der Waals surface area contributed by atoms with Gasteiger partial charge in [0.05, 0.1) is 23.6 Å². The predicted molar refractivity (Wildman–Crippen MR) is 192 cm³/mol. The molecule has 6 aromatic rings. The van der Waals surface area contributed by atoms with Crippen LogP contribution in [-0.2, 0) is 0 Å². The van der Waals surface area contributed by atoms with Gasteiger partial charge in [0.2, 0.25) is 0 Å². The van der Waals surface area contributed by atoms with Crippen LogP contribution < -0.4 is 22.8 Å². The zero-order valence-electron chi connectivity index (χ0n) is 28.6. The molecule has 0 aliphatic carbocycles. The van der Waals surface area contributed by atoms with E-state index in [0.29, 0.717) is 31.3 Å². The van der Waals surface area contributed by atoms with Crippen LogP contribution in [0.2, 0.25) is 0 Å². The minimum atomic E-state index is -0.925. The molecule has 0 aliphatic rings. The first kappa shape index (κ1) is 34.9. The van der Waals surface area contributed by atoms with Crippen LogP contribution in [0, 0.1) is 13.8 Å². The van der Waals surface area contributed by atoms with Crippen molar-refractivity contribution < 1.29 is 30.6 Å². The van der Waals surface area contributed by atoms with E-state index in [4.69, 9.17) is 0 Å². The van der Waals surface area contributed by atoms with E-state index < -0.39 is 57.3 Å². The lowest BCUT2D eigenvalue weighted by molar-refractivity contribution is 0.398. The Morgan fingerprint density at radius 2 is 0.846 bits per heavy atom. The van der Waals surface area contributed by atoms with Gasteiger partial charge in [-0.15, -0.1) is 9.35 Å². The molecule has 10 N–H and O–H groups in total. The van der Waals surface area contributed by atoms with Crippen LogP contribution in [0.15, 0.2) is 41.5 Å². The second-order valence-corrected chi connectivity index (χ2v) is 12.9. The van der Waals surface area contributed by atoms with E-state index >= 15 is 0 Å². The molecule has 52 heavy (non-hydrogen) atoms. The standard InChI is InChI=1S/C34H34N8O10/c1-11(2)19-15-7-13(5)21(27(45)23(15)17(25(43)29(19)47)9-35-41-31(49)37-38-32(41)50)22-14(6)8-16-20(12(3)4)30(48)26(44)18(24(16)28(22)46)10-36-42-33(51)39-40-34(42)52/h7-12,43-48H,1-6H3,(H,37,49)(H,38,50)(H,39,51)(H,40,52)/b35-9-,36-10-. The third-order valence-electron chi connectivity index (χ3n) is 8.92. The Balaban J connectivity index is 1.76. The number of rotatable bonds is 7. The van der Waals surface area contributed by atoms with Gasteiger partial charge in [-0.1, -0.05) is 39.8 Å². The number of aromatic hydroxyl groups is 6. The number of nitrogens with zero attached hydrogens (tertiary/aromatic N) is 4. The highest BCUT2D eigenvalue weighted by Crippen LogP contribution is 2.54. The number of phenolic OH excluding ortho intramolecular Hbond substituents is 6. The van der Waals surface area contributed by atoms with Crippen LogP contribution in [0.1, 0.15) is 72.9 Å². The normalized spacial score (nSPS) is 12.2. The van der Waals surface area contributed by atoms with Crippen LogP contribution in [0.5, 0.6) is 34.5 Å². The second kappa shape index (κ2) is 12.4. The van der Waals surface area contributed by atoms with Gasteiger partial charge in [-0.2, -0.15) is 10.2 Å². The van der Waals surface area contributed by atoms with Gasteiger partial charge >= 0.3 is 22.8 Å². The summed E-state index contributed by atoms with van der Waals surface area (Å²) in [7, 11) is 0. The number of nitrogens with one attached hydrogen (secondary N) is 4. The number of phenols is 6. The average Bonchev–Trinajstić information content (AvgIpc) is 3.56. The van der Waals surface area contributed by atoms with Gasteiger partial charge in [0.1, 0.15) is 11.5 Å². The summed E-state index contributed by atoms with van der Waals surface area (Å²) in [6.07, 6.45) is 1.85. The van der Waals surface area contributed by atoms with Crippen LogP contribution in [0.25, 0.3) is 32.7 Å². The summed E-state index contributed by atoms with van der Waals surface area (Å²) in [4.78, 5) is 48.5. The fourth-order valence-corrected chi connectivity index (χ4v) is 6.67. The number of H-pyrrole nitrogens is 4. The van der Waals surface area contributed by atoms with Crippen molar-refractivity contribution in [1.29, 1.82) is 0 Å². The molecule has 0 fully saturated rings. The number of aryl methyl sites for hydroxylation is 2. The maximum atomic E-state index is 12.2. The van der Waals surface area contributed by atoms with Gasteiger partial charge in [0.15, 0.2) is 23.0 Å². The molecular formula is C34H34N8O10. The molecule has 2 heterocycles. The zero-order valence-corrected chi connectivity index (χ0v) is 28.6. The van der Waals surface area contributed by atoms with Crippen molar-refractivity contribution in [2.24, 2.45) is 10.2 Å². The third-order valence-corrected chi connectivity index (χ3v) is 8.92. The molecule has 2 aromatic heterocycles. The highest BCUT2D eigenvalue weighted by atomic mass is 16.3. The minimum absolute atomic E-state index is 0.0495. The first-order valence-electron chi connectivity index (χ1n) is 15.8. The van der Waals surface area contributed by atoms with Crippen LogP contribution in [0.3, 0.4) is 0 Å². The highest BCUT2D eigenvalue weighted by molar-refractivity contribution is 6.15. The number of hydrogen-bond acceptors (Lipinski definition) is 12.